The molecule has 1 aromatic carbocycles. The summed E-state index contributed by atoms with van der Waals surface area (Å²) in [7, 11) is -2.74. The van der Waals surface area contributed by atoms with Crippen LogP contribution in [0, 0.1) is 0 Å². The minimum atomic E-state index is -3.93. The van der Waals surface area contributed by atoms with E-state index in [1.807, 2.05) is 30.3 Å². The first-order valence-corrected chi connectivity index (χ1v) is 9.35. The number of benzene rings is 1. The number of ether oxygens (including phenoxy) is 1. The smallest absolute Gasteiger partial charge is 0.354 e. The molecule has 1 unspecified atom stereocenters. The van der Waals surface area contributed by atoms with Crippen LogP contribution in [0.4, 0.5) is 0 Å². The van der Waals surface area contributed by atoms with Gasteiger partial charge in [-0.3, -0.25) is 4.79 Å². The molecular weight excluding hydrogens is 360 g/mol. The maximum absolute atomic E-state index is 12.6. The summed E-state index contributed by atoms with van der Waals surface area (Å²) in [4.78, 5) is 24.8. The molecule has 2 rings (SSSR count). The standard InChI is InChI=1S/C17H20N2O6S/c1-25-17(22)15-10-14(11-18-15)26(23,24)19-13(7-8-16(20)21)9-12-5-3-2-4-6-12/h2-6,10-11,13,18-19H,7-9H2,1H3,(H,20,21). The Balaban J connectivity index is 2.17. The van der Waals surface area contributed by atoms with Crippen LogP contribution in [-0.2, 0) is 26.0 Å². The molecule has 0 aliphatic heterocycles. The number of rotatable bonds is 9. The van der Waals surface area contributed by atoms with Gasteiger partial charge < -0.3 is 14.8 Å². The summed E-state index contributed by atoms with van der Waals surface area (Å²) in [5.74, 6) is -1.69. The van der Waals surface area contributed by atoms with E-state index in [2.05, 4.69) is 14.4 Å². The zero-order chi connectivity index (χ0) is 19.2. The zero-order valence-electron chi connectivity index (χ0n) is 14.1. The van der Waals surface area contributed by atoms with Crippen molar-refractivity contribution in [3.8, 4) is 0 Å². The minimum absolute atomic E-state index is 0.0121. The van der Waals surface area contributed by atoms with Crippen LogP contribution in [0.2, 0.25) is 0 Å². The van der Waals surface area contributed by atoms with Crippen LogP contribution in [-0.4, -0.2) is 43.6 Å². The van der Waals surface area contributed by atoms with Crippen LogP contribution >= 0.6 is 0 Å². The van der Waals surface area contributed by atoms with Crippen LogP contribution in [0.5, 0.6) is 0 Å². The van der Waals surface area contributed by atoms with Gasteiger partial charge in [0.25, 0.3) is 0 Å². The molecule has 1 heterocycles. The fourth-order valence-electron chi connectivity index (χ4n) is 2.44. The molecule has 0 saturated carbocycles. The number of aromatic amines is 1. The van der Waals surface area contributed by atoms with Gasteiger partial charge in [-0.15, -0.1) is 0 Å². The third-order valence-electron chi connectivity index (χ3n) is 3.73. The number of methoxy groups -OCH3 is 1. The lowest BCUT2D eigenvalue weighted by molar-refractivity contribution is -0.137. The number of esters is 1. The lowest BCUT2D eigenvalue weighted by Crippen LogP contribution is -2.36. The third kappa shape index (κ3) is 5.43. The van der Waals surface area contributed by atoms with Crippen molar-refractivity contribution in [2.45, 2.75) is 30.2 Å². The van der Waals surface area contributed by atoms with Crippen LogP contribution in [0.1, 0.15) is 28.9 Å². The summed E-state index contributed by atoms with van der Waals surface area (Å²) in [5.41, 5.74) is 0.896. The number of aromatic nitrogens is 1. The second-order valence-electron chi connectivity index (χ2n) is 5.68. The van der Waals surface area contributed by atoms with E-state index in [0.29, 0.717) is 6.42 Å². The molecule has 0 radical (unpaired) electrons. The van der Waals surface area contributed by atoms with Gasteiger partial charge in [0, 0.05) is 18.7 Å². The summed E-state index contributed by atoms with van der Waals surface area (Å²) in [6.45, 7) is 0. The SMILES string of the molecule is COC(=O)c1cc(S(=O)(=O)NC(CCC(=O)O)Cc2ccccc2)c[nH]1. The highest BCUT2D eigenvalue weighted by atomic mass is 32.2. The number of H-pyrrole nitrogens is 1. The number of sulfonamides is 1. The number of carboxylic acids is 1. The zero-order valence-corrected chi connectivity index (χ0v) is 15.0. The molecule has 26 heavy (non-hydrogen) atoms. The van der Waals surface area contributed by atoms with Crippen LogP contribution < -0.4 is 4.72 Å². The highest BCUT2D eigenvalue weighted by molar-refractivity contribution is 7.89. The van der Waals surface area contributed by atoms with Gasteiger partial charge in [-0.2, -0.15) is 0 Å². The van der Waals surface area contributed by atoms with E-state index in [1.165, 1.54) is 19.4 Å². The first-order chi connectivity index (χ1) is 12.3. The van der Waals surface area contributed by atoms with Crippen molar-refractivity contribution in [3.63, 3.8) is 0 Å². The van der Waals surface area contributed by atoms with E-state index < -0.39 is 28.0 Å². The van der Waals surface area contributed by atoms with E-state index in [4.69, 9.17) is 5.11 Å². The molecule has 140 valence electrons. The fourth-order valence-corrected chi connectivity index (χ4v) is 3.71. The van der Waals surface area contributed by atoms with Crippen LogP contribution in [0.25, 0.3) is 0 Å². The summed E-state index contributed by atoms with van der Waals surface area (Å²) in [6.07, 6.45) is 1.51. The van der Waals surface area contributed by atoms with E-state index in [9.17, 15) is 18.0 Å². The summed E-state index contributed by atoms with van der Waals surface area (Å²) in [6, 6.07) is 9.75. The molecule has 0 aliphatic rings. The monoisotopic (exact) mass is 380 g/mol. The van der Waals surface area contributed by atoms with Gasteiger partial charge in [0.2, 0.25) is 10.0 Å². The number of hydrogen-bond donors (Lipinski definition) is 3. The van der Waals surface area contributed by atoms with Crippen molar-refractivity contribution in [1.82, 2.24) is 9.71 Å². The first kappa shape index (κ1) is 19.7. The number of aliphatic carboxylic acids is 1. The maximum atomic E-state index is 12.6. The third-order valence-corrected chi connectivity index (χ3v) is 5.23. The highest BCUT2D eigenvalue weighted by Crippen LogP contribution is 2.15. The predicted octanol–water partition coefficient (Wildman–Crippen LogP) is 1.56. The molecule has 3 N–H and O–H groups in total. The van der Waals surface area contributed by atoms with Crippen molar-refractivity contribution in [2.75, 3.05) is 7.11 Å². The summed E-state index contributed by atoms with van der Waals surface area (Å²) < 4.78 is 32.2. The van der Waals surface area contributed by atoms with E-state index in [1.54, 1.807) is 0 Å². The molecule has 0 amide bonds. The molecule has 0 fully saturated rings. The highest BCUT2D eigenvalue weighted by Gasteiger charge is 2.23. The quantitative estimate of drug-likeness (QED) is 0.567. The van der Waals surface area contributed by atoms with Gasteiger partial charge in [0.1, 0.15) is 10.6 Å². The van der Waals surface area contributed by atoms with E-state index >= 15 is 0 Å². The number of carbonyl (C=O) groups is 2. The topological polar surface area (TPSA) is 126 Å². The van der Waals surface area contributed by atoms with Crippen molar-refractivity contribution in [3.05, 3.63) is 53.9 Å². The first-order valence-electron chi connectivity index (χ1n) is 7.86. The molecular formula is C17H20N2O6S. The number of hydrogen-bond acceptors (Lipinski definition) is 5. The second kappa shape index (κ2) is 8.63. The minimum Gasteiger partial charge on any atom is -0.481 e. The molecule has 1 aromatic heterocycles. The largest absolute Gasteiger partial charge is 0.481 e. The van der Waals surface area contributed by atoms with Gasteiger partial charge in [-0.1, -0.05) is 30.3 Å². The average Bonchev–Trinajstić information content (AvgIpc) is 3.11. The Labute approximate surface area is 151 Å². The van der Waals surface area contributed by atoms with Crippen molar-refractivity contribution < 1.29 is 27.9 Å². The molecule has 0 spiro atoms. The second-order valence-corrected chi connectivity index (χ2v) is 7.39. The lowest BCUT2D eigenvalue weighted by atomic mass is 10.0. The summed E-state index contributed by atoms with van der Waals surface area (Å²) >= 11 is 0. The molecule has 1 atom stereocenters. The van der Waals surface area contributed by atoms with Crippen molar-refractivity contribution in [1.29, 1.82) is 0 Å². The van der Waals surface area contributed by atoms with Crippen LogP contribution in [0.3, 0.4) is 0 Å². The Bertz CT molecular complexity index is 860. The molecule has 0 aliphatic carbocycles. The van der Waals surface area contributed by atoms with E-state index in [0.717, 1.165) is 5.56 Å². The number of carbonyl (C=O) groups excluding carboxylic acids is 1. The Kier molecular flexibility index (Phi) is 6.53. The van der Waals surface area contributed by atoms with E-state index in [-0.39, 0.29) is 23.4 Å². The average molecular weight is 380 g/mol. The lowest BCUT2D eigenvalue weighted by Gasteiger charge is -2.18. The van der Waals surface area contributed by atoms with Gasteiger partial charge in [0.15, 0.2) is 0 Å². The Hall–Kier alpha value is -2.65. The van der Waals surface area contributed by atoms with Gasteiger partial charge >= 0.3 is 11.9 Å². The van der Waals surface area contributed by atoms with Gasteiger partial charge in [-0.05, 0) is 24.5 Å². The van der Waals surface area contributed by atoms with Crippen molar-refractivity contribution in [2.24, 2.45) is 0 Å². The van der Waals surface area contributed by atoms with Gasteiger partial charge in [-0.25, -0.2) is 17.9 Å². The fraction of sp³-hybridized carbons (Fsp3) is 0.294. The molecule has 2 aromatic rings. The maximum Gasteiger partial charge on any atom is 0.354 e. The number of carboxylic acid groups (broad SMARTS) is 1. The van der Waals surface area contributed by atoms with Crippen LogP contribution in [0.15, 0.2) is 47.5 Å². The summed E-state index contributed by atoms with van der Waals surface area (Å²) in [5, 5.41) is 8.90. The van der Waals surface area contributed by atoms with Crippen molar-refractivity contribution >= 4 is 22.0 Å². The number of nitrogens with one attached hydrogen (secondary N) is 2. The normalized spacial score (nSPS) is 12.5. The van der Waals surface area contributed by atoms with Gasteiger partial charge in [0.05, 0.1) is 7.11 Å². The molecule has 8 nitrogen and oxygen atoms in total. The Morgan fingerprint density at radius 3 is 2.58 bits per heavy atom. The Morgan fingerprint density at radius 1 is 1.27 bits per heavy atom. The predicted molar refractivity (Wildman–Crippen MR) is 93.3 cm³/mol. The molecule has 0 bridgehead atoms. The Morgan fingerprint density at radius 2 is 1.96 bits per heavy atom. The molecule has 9 heteroatoms. The molecule has 0 saturated heterocycles.